The maximum atomic E-state index is 11.5. The van der Waals surface area contributed by atoms with Crippen molar-refractivity contribution in [2.24, 2.45) is 0 Å². The number of piperidine rings is 1. The van der Waals surface area contributed by atoms with E-state index in [-0.39, 0.29) is 23.8 Å². The standard InChI is InChI=1S/C13H24N2O2/c1-10(2)14-13(17)7-9-15-8-5-4-6-12(15)11(3)16/h10,12H,4-9H2,1-3H3,(H,14,17). The lowest BCUT2D eigenvalue weighted by atomic mass is 9.99. The maximum absolute atomic E-state index is 11.5. The van der Waals surface area contributed by atoms with Crippen LogP contribution in [0.2, 0.25) is 0 Å². The fourth-order valence-corrected chi connectivity index (χ4v) is 2.36. The molecule has 0 spiro atoms. The molecular formula is C13H24N2O2. The molecule has 98 valence electrons. The van der Waals surface area contributed by atoms with Gasteiger partial charge in [-0.25, -0.2) is 0 Å². The van der Waals surface area contributed by atoms with Crippen LogP contribution in [0.3, 0.4) is 0 Å². The molecule has 1 aliphatic rings. The summed E-state index contributed by atoms with van der Waals surface area (Å²) in [5, 5.41) is 2.88. The minimum Gasteiger partial charge on any atom is -0.354 e. The second-order valence-corrected chi connectivity index (χ2v) is 5.13. The quantitative estimate of drug-likeness (QED) is 0.789. The highest BCUT2D eigenvalue weighted by Crippen LogP contribution is 2.17. The summed E-state index contributed by atoms with van der Waals surface area (Å²) in [5.41, 5.74) is 0. The van der Waals surface area contributed by atoms with Crippen molar-refractivity contribution in [2.45, 2.75) is 58.5 Å². The molecule has 1 rings (SSSR count). The van der Waals surface area contributed by atoms with Crippen LogP contribution in [-0.4, -0.2) is 41.8 Å². The molecule has 1 aliphatic heterocycles. The van der Waals surface area contributed by atoms with Crippen LogP contribution < -0.4 is 5.32 Å². The van der Waals surface area contributed by atoms with Crippen molar-refractivity contribution in [1.82, 2.24) is 10.2 Å². The molecule has 1 atom stereocenters. The fraction of sp³-hybridized carbons (Fsp3) is 0.846. The summed E-state index contributed by atoms with van der Waals surface area (Å²) in [7, 11) is 0. The number of carbonyl (C=O) groups excluding carboxylic acids is 2. The van der Waals surface area contributed by atoms with Crippen molar-refractivity contribution in [3.8, 4) is 0 Å². The van der Waals surface area contributed by atoms with Gasteiger partial charge in [-0.1, -0.05) is 6.42 Å². The van der Waals surface area contributed by atoms with Gasteiger partial charge in [0.1, 0.15) is 5.78 Å². The van der Waals surface area contributed by atoms with Crippen LogP contribution in [0.5, 0.6) is 0 Å². The van der Waals surface area contributed by atoms with Gasteiger partial charge < -0.3 is 5.32 Å². The second-order valence-electron chi connectivity index (χ2n) is 5.13. The van der Waals surface area contributed by atoms with Gasteiger partial charge in [0, 0.05) is 19.0 Å². The summed E-state index contributed by atoms with van der Waals surface area (Å²) < 4.78 is 0. The number of rotatable bonds is 5. The number of ketones is 1. The molecule has 0 aromatic rings. The minimum absolute atomic E-state index is 0.0376. The lowest BCUT2D eigenvalue weighted by Crippen LogP contribution is -2.45. The number of carbonyl (C=O) groups is 2. The molecule has 1 heterocycles. The normalized spacial score (nSPS) is 21.5. The topological polar surface area (TPSA) is 49.4 Å². The van der Waals surface area contributed by atoms with Crippen LogP contribution >= 0.6 is 0 Å². The van der Waals surface area contributed by atoms with Crippen molar-refractivity contribution < 1.29 is 9.59 Å². The minimum atomic E-state index is 0.0376. The van der Waals surface area contributed by atoms with Crippen molar-refractivity contribution >= 4 is 11.7 Å². The lowest BCUT2D eigenvalue weighted by molar-refractivity contribution is -0.126. The Hall–Kier alpha value is -0.900. The summed E-state index contributed by atoms with van der Waals surface area (Å²) >= 11 is 0. The lowest BCUT2D eigenvalue weighted by Gasteiger charge is -2.33. The van der Waals surface area contributed by atoms with Gasteiger partial charge in [-0.2, -0.15) is 0 Å². The Morgan fingerprint density at radius 3 is 2.65 bits per heavy atom. The summed E-state index contributed by atoms with van der Waals surface area (Å²) in [6, 6.07) is 0.225. The number of amides is 1. The molecule has 0 radical (unpaired) electrons. The molecule has 0 aromatic carbocycles. The van der Waals surface area contributed by atoms with Gasteiger partial charge in [-0.05, 0) is 40.2 Å². The highest BCUT2D eigenvalue weighted by molar-refractivity contribution is 5.81. The van der Waals surface area contributed by atoms with E-state index in [0.717, 1.165) is 25.8 Å². The predicted octanol–water partition coefficient (Wildman–Crippen LogP) is 1.34. The van der Waals surface area contributed by atoms with E-state index in [1.54, 1.807) is 6.92 Å². The Morgan fingerprint density at radius 1 is 1.35 bits per heavy atom. The zero-order chi connectivity index (χ0) is 12.8. The summed E-state index contributed by atoms with van der Waals surface area (Å²) in [6.07, 6.45) is 3.69. The average molecular weight is 240 g/mol. The first-order valence-corrected chi connectivity index (χ1v) is 6.54. The van der Waals surface area contributed by atoms with Gasteiger partial charge in [0.05, 0.1) is 6.04 Å². The first kappa shape index (κ1) is 14.2. The first-order chi connectivity index (χ1) is 8.00. The number of Topliss-reactive ketones (excluding diaryl/α,β-unsaturated/α-hetero) is 1. The summed E-state index contributed by atoms with van der Waals surface area (Å²) in [6.45, 7) is 7.20. The van der Waals surface area contributed by atoms with Crippen molar-refractivity contribution in [3.63, 3.8) is 0 Å². The van der Waals surface area contributed by atoms with Gasteiger partial charge in [0.15, 0.2) is 0 Å². The molecular weight excluding hydrogens is 216 g/mol. The van der Waals surface area contributed by atoms with E-state index in [1.165, 1.54) is 0 Å². The van der Waals surface area contributed by atoms with E-state index in [9.17, 15) is 9.59 Å². The molecule has 0 aliphatic carbocycles. The molecule has 0 bridgehead atoms. The Balaban J connectivity index is 2.38. The molecule has 17 heavy (non-hydrogen) atoms. The van der Waals surface area contributed by atoms with Crippen molar-refractivity contribution in [3.05, 3.63) is 0 Å². The maximum Gasteiger partial charge on any atom is 0.221 e. The van der Waals surface area contributed by atoms with Gasteiger partial charge in [0.2, 0.25) is 5.91 Å². The van der Waals surface area contributed by atoms with Gasteiger partial charge in [-0.3, -0.25) is 14.5 Å². The monoisotopic (exact) mass is 240 g/mol. The highest BCUT2D eigenvalue weighted by Gasteiger charge is 2.25. The van der Waals surface area contributed by atoms with E-state index in [2.05, 4.69) is 10.2 Å². The first-order valence-electron chi connectivity index (χ1n) is 6.54. The molecule has 0 aromatic heterocycles. The van der Waals surface area contributed by atoms with E-state index in [0.29, 0.717) is 13.0 Å². The highest BCUT2D eigenvalue weighted by atomic mass is 16.1. The van der Waals surface area contributed by atoms with Crippen LogP contribution in [-0.2, 0) is 9.59 Å². The number of hydrogen-bond acceptors (Lipinski definition) is 3. The molecule has 0 saturated carbocycles. The Bertz CT molecular complexity index is 277. The average Bonchev–Trinajstić information content (AvgIpc) is 2.25. The number of nitrogens with zero attached hydrogens (tertiary/aromatic N) is 1. The van der Waals surface area contributed by atoms with Crippen LogP contribution in [0.25, 0.3) is 0 Å². The van der Waals surface area contributed by atoms with E-state index >= 15 is 0 Å². The number of nitrogens with one attached hydrogen (secondary N) is 1. The zero-order valence-corrected chi connectivity index (χ0v) is 11.2. The van der Waals surface area contributed by atoms with Crippen LogP contribution in [0.15, 0.2) is 0 Å². The molecule has 1 amide bonds. The molecule has 4 heteroatoms. The molecule has 1 unspecified atom stereocenters. The Morgan fingerprint density at radius 2 is 2.06 bits per heavy atom. The van der Waals surface area contributed by atoms with Gasteiger partial charge in [-0.15, -0.1) is 0 Å². The third kappa shape index (κ3) is 4.86. The van der Waals surface area contributed by atoms with Gasteiger partial charge >= 0.3 is 0 Å². The largest absolute Gasteiger partial charge is 0.354 e. The predicted molar refractivity (Wildman–Crippen MR) is 67.8 cm³/mol. The Labute approximate surface area is 104 Å². The zero-order valence-electron chi connectivity index (χ0n) is 11.2. The van der Waals surface area contributed by atoms with Crippen LogP contribution in [0.1, 0.15) is 46.5 Å². The van der Waals surface area contributed by atoms with E-state index in [4.69, 9.17) is 0 Å². The van der Waals surface area contributed by atoms with E-state index < -0.39 is 0 Å². The fourth-order valence-electron chi connectivity index (χ4n) is 2.36. The molecule has 1 saturated heterocycles. The van der Waals surface area contributed by atoms with Gasteiger partial charge in [0.25, 0.3) is 0 Å². The van der Waals surface area contributed by atoms with Crippen molar-refractivity contribution in [2.75, 3.05) is 13.1 Å². The molecule has 1 N–H and O–H groups in total. The third-order valence-corrected chi connectivity index (χ3v) is 3.16. The smallest absolute Gasteiger partial charge is 0.221 e. The number of hydrogen-bond donors (Lipinski definition) is 1. The van der Waals surface area contributed by atoms with E-state index in [1.807, 2.05) is 13.8 Å². The summed E-state index contributed by atoms with van der Waals surface area (Å²) in [5.74, 6) is 0.307. The van der Waals surface area contributed by atoms with Crippen LogP contribution in [0, 0.1) is 0 Å². The van der Waals surface area contributed by atoms with Crippen molar-refractivity contribution in [1.29, 1.82) is 0 Å². The second kappa shape index (κ2) is 6.74. The van der Waals surface area contributed by atoms with Crippen LogP contribution in [0.4, 0.5) is 0 Å². The molecule has 4 nitrogen and oxygen atoms in total. The summed E-state index contributed by atoms with van der Waals surface area (Å²) in [4.78, 5) is 25.2. The SMILES string of the molecule is CC(=O)C1CCCCN1CCC(=O)NC(C)C. The number of likely N-dealkylation sites (tertiary alicyclic amines) is 1. The Kier molecular flexibility index (Phi) is 5.62. The molecule has 1 fully saturated rings. The third-order valence-electron chi connectivity index (χ3n) is 3.16.